The van der Waals surface area contributed by atoms with Gasteiger partial charge in [-0.2, -0.15) is 0 Å². The molecule has 5 heteroatoms. The van der Waals surface area contributed by atoms with Gasteiger partial charge in [0.15, 0.2) is 6.20 Å². The molecule has 1 saturated heterocycles. The van der Waals surface area contributed by atoms with Crippen LogP contribution in [0.3, 0.4) is 0 Å². The summed E-state index contributed by atoms with van der Waals surface area (Å²) in [5.74, 6) is -0.260. The maximum absolute atomic E-state index is 12.7. The highest BCUT2D eigenvalue weighted by Crippen LogP contribution is 2.32. The van der Waals surface area contributed by atoms with E-state index >= 15 is 0 Å². The molecule has 27 heavy (non-hydrogen) atoms. The van der Waals surface area contributed by atoms with Crippen molar-refractivity contribution < 1.29 is 19.4 Å². The van der Waals surface area contributed by atoms with Crippen LogP contribution in [0.15, 0.2) is 42.6 Å². The Kier molecular flexibility index (Phi) is 4.94. The molecule has 0 atom stereocenters. The second-order valence-electron chi connectivity index (χ2n) is 7.07. The molecule has 4 rings (SSSR count). The fourth-order valence-corrected chi connectivity index (χ4v) is 4.09. The largest absolute Gasteiger partial charge is 0.462 e. The fraction of sp³-hybridized carbons (Fsp3) is 0.364. The summed E-state index contributed by atoms with van der Waals surface area (Å²) in [5.41, 5.74) is 2.70. The lowest BCUT2D eigenvalue weighted by molar-refractivity contribution is -0.898. The summed E-state index contributed by atoms with van der Waals surface area (Å²) in [6.45, 7) is 9.67. The van der Waals surface area contributed by atoms with Crippen LogP contribution in [0.1, 0.15) is 24.2 Å². The zero-order chi connectivity index (χ0) is 18.8. The summed E-state index contributed by atoms with van der Waals surface area (Å²) in [5, 5.41) is 3.44. The van der Waals surface area contributed by atoms with Crippen molar-refractivity contribution in [2.24, 2.45) is 0 Å². The van der Waals surface area contributed by atoms with Crippen molar-refractivity contribution >= 4 is 33.3 Å². The monoisotopic (exact) mass is 365 g/mol. The van der Waals surface area contributed by atoms with E-state index in [1.807, 2.05) is 13.1 Å². The molecule has 1 aromatic heterocycles. The average molecular weight is 365 g/mol. The minimum absolute atomic E-state index is 0.260. The topological polar surface area (TPSA) is 48.1 Å². The molecule has 2 heterocycles. The van der Waals surface area contributed by atoms with Gasteiger partial charge in [-0.05, 0) is 31.4 Å². The second-order valence-corrected chi connectivity index (χ2v) is 7.07. The number of quaternary nitrogens is 1. The lowest BCUT2D eigenvalue weighted by Gasteiger charge is -2.34. The van der Waals surface area contributed by atoms with E-state index in [1.165, 1.54) is 10.8 Å². The van der Waals surface area contributed by atoms with Crippen LogP contribution < -0.4 is 14.8 Å². The third kappa shape index (κ3) is 3.23. The molecule has 0 spiro atoms. The highest BCUT2D eigenvalue weighted by atomic mass is 16.5. The molecule has 0 radical (unpaired) electrons. The molecule has 0 saturated carbocycles. The molecule has 0 amide bonds. The van der Waals surface area contributed by atoms with E-state index in [4.69, 9.17) is 4.74 Å². The van der Waals surface area contributed by atoms with Crippen molar-refractivity contribution in [3.05, 3.63) is 48.2 Å². The Morgan fingerprint density at radius 3 is 2.63 bits per heavy atom. The third-order valence-electron chi connectivity index (χ3n) is 5.58. The number of likely N-dealkylation sites (N-methyl/N-ethyl adjacent to an activating group) is 1. The van der Waals surface area contributed by atoms with Gasteiger partial charge in [0, 0.05) is 0 Å². The van der Waals surface area contributed by atoms with E-state index in [2.05, 4.69) is 53.2 Å². The van der Waals surface area contributed by atoms with Crippen molar-refractivity contribution in [2.75, 3.05) is 44.2 Å². The number of benzene rings is 2. The number of nitrogens with zero attached hydrogens (tertiary/aromatic N) is 1. The van der Waals surface area contributed by atoms with Gasteiger partial charge < -0.3 is 14.5 Å². The zero-order valence-corrected chi connectivity index (χ0v) is 16.0. The quantitative estimate of drug-likeness (QED) is 0.566. The first kappa shape index (κ1) is 17.7. The van der Waals surface area contributed by atoms with Crippen molar-refractivity contribution in [2.45, 2.75) is 13.8 Å². The van der Waals surface area contributed by atoms with Gasteiger partial charge in [0.25, 0.3) is 0 Å². The summed E-state index contributed by atoms with van der Waals surface area (Å²) < 4.78 is 5.35. The molecular weight excluding hydrogens is 338 g/mol. The first-order valence-corrected chi connectivity index (χ1v) is 9.84. The van der Waals surface area contributed by atoms with Crippen molar-refractivity contribution in [3.63, 3.8) is 0 Å². The maximum Gasteiger partial charge on any atom is 0.346 e. The Balaban J connectivity index is 1.89. The van der Waals surface area contributed by atoms with Crippen LogP contribution in [0.5, 0.6) is 0 Å². The number of fused-ring (bicyclic) bond motifs is 3. The molecular formula is C22H27N3O2+2. The first-order chi connectivity index (χ1) is 13.2. The number of ether oxygens (including phenoxy) is 1. The van der Waals surface area contributed by atoms with Crippen LogP contribution >= 0.6 is 0 Å². The van der Waals surface area contributed by atoms with E-state index < -0.39 is 0 Å². The number of anilines is 1. The van der Waals surface area contributed by atoms with E-state index in [-0.39, 0.29) is 5.97 Å². The predicted molar refractivity (Wildman–Crippen MR) is 107 cm³/mol. The molecule has 3 aromatic rings. The number of aromatic nitrogens is 1. The number of pyridine rings is 1. The fourth-order valence-electron chi connectivity index (χ4n) is 4.09. The predicted octanol–water partition coefficient (Wildman–Crippen LogP) is 1.71. The van der Waals surface area contributed by atoms with Gasteiger partial charge >= 0.3 is 5.97 Å². The van der Waals surface area contributed by atoms with Crippen molar-refractivity contribution in [3.8, 4) is 0 Å². The van der Waals surface area contributed by atoms with Crippen LogP contribution in [-0.2, 0) is 4.74 Å². The lowest BCUT2D eigenvalue weighted by atomic mass is 10.0. The number of carbonyl (C=O) groups excluding carboxylic acids is 1. The second kappa shape index (κ2) is 7.53. The highest BCUT2D eigenvalue weighted by molar-refractivity contribution is 6.11. The molecule has 0 aliphatic carbocycles. The number of nitrogens with one attached hydrogen (secondary N) is 2. The number of rotatable bonds is 4. The minimum atomic E-state index is -0.260. The Labute approximate surface area is 159 Å². The Morgan fingerprint density at radius 1 is 1.11 bits per heavy atom. The molecule has 1 aliphatic rings. The van der Waals surface area contributed by atoms with Crippen LogP contribution in [0.4, 0.5) is 5.69 Å². The molecule has 140 valence electrons. The molecule has 0 unspecified atom stereocenters. The number of H-pyrrole nitrogens is 1. The maximum atomic E-state index is 12.7. The smallest absolute Gasteiger partial charge is 0.346 e. The average Bonchev–Trinajstić information content (AvgIpc) is 2.73. The number of hydrogen-bond donors (Lipinski definition) is 1. The lowest BCUT2D eigenvalue weighted by Crippen LogP contribution is -3.14. The molecule has 5 nitrogen and oxygen atoms in total. The van der Waals surface area contributed by atoms with E-state index in [0.29, 0.717) is 12.2 Å². The van der Waals surface area contributed by atoms with Gasteiger partial charge in [0.05, 0.1) is 55.8 Å². The van der Waals surface area contributed by atoms with Gasteiger partial charge in [-0.15, -0.1) is 0 Å². The SMILES string of the molecule is CCOC(=O)c1c[nH+]c2c(ccc3ccccc32)c1N1CC[NH+](CC)CC1. The van der Waals surface area contributed by atoms with Gasteiger partial charge in [0.1, 0.15) is 5.56 Å². The van der Waals surface area contributed by atoms with Gasteiger partial charge in [-0.3, -0.25) is 0 Å². The normalized spacial score (nSPS) is 15.4. The van der Waals surface area contributed by atoms with E-state index in [1.54, 1.807) is 4.90 Å². The van der Waals surface area contributed by atoms with Crippen molar-refractivity contribution in [1.82, 2.24) is 0 Å². The van der Waals surface area contributed by atoms with Crippen LogP contribution in [0.2, 0.25) is 0 Å². The summed E-state index contributed by atoms with van der Waals surface area (Å²) in [4.78, 5) is 20.0. The zero-order valence-electron chi connectivity index (χ0n) is 16.0. The molecule has 2 N–H and O–H groups in total. The standard InChI is InChI=1S/C22H25N3O2/c1-3-24-11-13-25(14-12-24)21-18-10-9-16-7-5-6-8-17(16)20(18)23-15-19(21)22(26)27-4-2/h5-10,15H,3-4,11-14H2,1-2H3/p+2. The van der Waals surface area contributed by atoms with Gasteiger partial charge in [-0.1, -0.05) is 24.3 Å². The van der Waals surface area contributed by atoms with Crippen LogP contribution in [0.25, 0.3) is 21.7 Å². The number of hydrogen-bond acceptors (Lipinski definition) is 3. The number of aromatic amines is 1. The van der Waals surface area contributed by atoms with Crippen LogP contribution in [-0.4, -0.2) is 45.3 Å². The molecule has 0 bridgehead atoms. The highest BCUT2D eigenvalue weighted by Gasteiger charge is 2.28. The van der Waals surface area contributed by atoms with Crippen molar-refractivity contribution in [1.29, 1.82) is 0 Å². The van der Waals surface area contributed by atoms with Gasteiger partial charge in [-0.25, -0.2) is 9.78 Å². The minimum Gasteiger partial charge on any atom is -0.462 e. The summed E-state index contributed by atoms with van der Waals surface area (Å²) >= 11 is 0. The molecule has 1 aliphatic heterocycles. The summed E-state index contributed by atoms with van der Waals surface area (Å²) in [6, 6.07) is 12.6. The number of esters is 1. The molecule has 2 aromatic carbocycles. The summed E-state index contributed by atoms with van der Waals surface area (Å²) in [7, 11) is 0. The number of carbonyl (C=O) groups is 1. The van der Waals surface area contributed by atoms with Crippen LogP contribution in [0, 0.1) is 0 Å². The van der Waals surface area contributed by atoms with E-state index in [0.717, 1.165) is 49.3 Å². The Bertz CT molecular complexity index is 978. The summed E-state index contributed by atoms with van der Waals surface area (Å²) in [6.07, 6.45) is 1.82. The number of piperazine rings is 1. The Morgan fingerprint density at radius 2 is 1.89 bits per heavy atom. The third-order valence-corrected chi connectivity index (χ3v) is 5.58. The molecule has 1 fully saturated rings. The van der Waals surface area contributed by atoms with E-state index in [9.17, 15) is 4.79 Å². The first-order valence-electron chi connectivity index (χ1n) is 9.84. The Hall–Kier alpha value is -2.66. The van der Waals surface area contributed by atoms with Gasteiger partial charge in [0.2, 0.25) is 5.52 Å².